The van der Waals surface area contributed by atoms with E-state index in [-0.39, 0.29) is 11.3 Å². The Morgan fingerprint density at radius 2 is 1.88 bits per heavy atom. The Morgan fingerprint density at radius 3 is 2.35 bits per heavy atom. The van der Waals surface area contributed by atoms with Gasteiger partial charge in [0, 0.05) is 4.47 Å². The number of rotatable bonds is 4. The number of hydrogen-bond donors (Lipinski definition) is 2. The summed E-state index contributed by atoms with van der Waals surface area (Å²) in [7, 11) is 0. The third-order valence-electron chi connectivity index (χ3n) is 2.21. The van der Waals surface area contributed by atoms with E-state index >= 15 is 0 Å². The lowest BCUT2D eigenvalue weighted by atomic mass is 9.98. The summed E-state index contributed by atoms with van der Waals surface area (Å²) in [4.78, 5) is 21.4. The minimum absolute atomic E-state index is 0.165. The van der Waals surface area contributed by atoms with Crippen molar-refractivity contribution in [1.29, 1.82) is 0 Å². The number of halogens is 2. The van der Waals surface area contributed by atoms with Crippen LogP contribution in [-0.4, -0.2) is 22.0 Å². The van der Waals surface area contributed by atoms with Crippen LogP contribution in [0.3, 0.4) is 0 Å². The number of ketones is 1. The number of Topliss-reactive ketones (excluding diaryl/α,β-unsaturated/α-hetero) is 1. The molecule has 0 amide bonds. The van der Waals surface area contributed by atoms with Gasteiger partial charge in [-0.15, -0.1) is 0 Å². The fraction of sp³-hybridized carbons (Fsp3) is 0.273. The molecule has 1 aromatic carbocycles. The fourth-order valence-corrected chi connectivity index (χ4v) is 2.14. The lowest BCUT2D eigenvalue weighted by molar-refractivity contribution is -0.147. The van der Waals surface area contributed by atoms with Crippen molar-refractivity contribution in [1.82, 2.24) is 0 Å². The molecule has 0 bridgehead atoms. The quantitative estimate of drug-likeness (QED) is 0.804. The zero-order chi connectivity index (χ0) is 13.2. The van der Waals surface area contributed by atoms with Gasteiger partial charge in [0.05, 0.1) is 4.83 Å². The molecule has 0 heterocycles. The Morgan fingerprint density at radius 1 is 1.29 bits per heavy atom. The van der Waals surface area contributed by atoms with Crippen LogP contribution in [0.15, 0.2) is 22.7 Å². The highest BCUT2D eigenvalue weighted by Crippen LogP contribution is 2.32. The fourth-order valence-electron chi connectivity index (χ4n) is 1.37. The van der Waals surface area contributed by atoms with Gasteiger partial charge in [0.25, 0.3) is 0 Å². The van der Waals surface area contributed by atoms with E-state index in [1.165, 1.54) is 13.0 Å². The average molecular weight is 366 g/mol. The molecule has 0 aliphatic rings. The molecule has 0 fully saturated rings. The van der Waals surface area contributed by atoms with Crippen LogP contribution in [-0.2, 0) is 9.59 Å². The Hall–Kier alpha value is -0.720. The molecule has 0 aromatic heterocycles. The van der Waals surface area contributed by atoms with Crippen molar-refractivity contribution in [2.24, 2.45) is 0 Å². The van der Waals surface area contributed by atoms with Gasteiger partial charge in [0.1, 0.15) is 5.78 Å². The van der Waals surface area contributed by atoms with Crippen molar-refractivity contribution in [2.45, 2.75) is 17.9 Å². The first-order valence-corrected chi connectivity index (χ1v) is 6.40. The molecule has 0 radical (unpaired) electrons. The summed E-state index contributed by atoms with van der Waals surface area (Å²) < 4.78 is 0.708. The van der Waals surface area contributed by atoms with Crippen LogP contribution in [0.1, 0.15) is 29.0 Å². The Balaban J connectivity index is 3.30. The van der Waals surface area contributed by atoms with Gasteiger partial charge in [-0.2, -0.15) is 0 Å². The third-order valence-corrected chi connectivity index (χ3v) is 3.84. The lowest BCUT2D eigenvalue weighted by Crippen LogP contribution is -2.15. The summed E-state index contributed by atoms with van der Waals surface area (Å²) >= 11 is 6.42. The first kappa shape index (κ1) is 14.3. The van der Waals surface area contributed by atoms with Gasteiger partial charge in [0.2, 0.25) is 0 Å². The summed E-state index contributed by atoms with van der Waals surface area (Å²) in [6.45, 7) is 1.39. The molecule has 6 heteroatoms. The topological polar surface area (TPSA) is 74.6 Å². The summed E-state index contributed by atoms with van der Waals surface area (Å²) in [5.41, 5.74) is 0.652. The SMILES string of the molecule is CC(=O)C(Br)c1cc(Br)ccc1C(O)C(=O)O. The molecule has 1 rings (SSSR count). The molecular weight excluding hydrogens is 356 g/mol. The number of benzene rings is 1. The minimum atomic E-state index is -1.64. The molecule has 1 aromatic rings. The molecule has 0 saturated carbocycles. The van der Waals surface area contributed by atoms with Crippen LogP contribution < -0.4 is 0 Å². The maximum Gasteiger partial charge on any atom is 0.337 e. The number of alkyl halides is 1. The first-order valence-electron chi connectivity index (χ1n) is 4.69. The summed E-state index contributed by atoms with van der Waals surface area (Å²) in [5.74, 6) is -1.52. The van der Waals surface area contributed by atoms with Crippen LogP contribution >= 0.6 is 31.9 Å². The molecule has 0 aliphatic heterocycles. The van der Waals surface area contributed by atoms with Gasteiger partial charge in [-0.25, -0.2) is 4.79 Å². The summed E-state index contributed by atoms with van der Waals surface area (Å²) in [5, 5.41) is 18.3. The van der Waals surface area contributed by atoms with Crippen LogP contribution in [0, 0.1) is 0 Å². The Labute approximate surface area is 115 Å². The zero-order valence-electron chi connectivity index (χ0n) is 8.85. The number of carbonyl (C=O) groups excluding carboxylic acids is 1. The number of aliphatic hydroxyl groups is 1. The first-order chi connectivity index (χ1) is 7.84. The summed E-state index contributed by atoms with van der Waals surface area (Å²) in [6.07, 6.45) is -1.64. The van der Waals surface area contributed by atoms with Crippen LogP contribution in [0.5, 0.6) is 0 Å². The lowest BCUT2D eigenvalue weighted by Gasteiger charge is -2.15. The Kier molecular flexibility index (Phi) is 4.85. The van der Waals surface area contributed by atoms with E-state index in [0.29, 0.717) is 10.0 Å². The van der Waals surface area contributed by atoms with Gasteiger partial charge in [-0.1, -0.05) is 37.9 Å². The Bertz CT molecular complexity index is 459. The number of carboxylic acids is 1. The number of hydrogen-bond acceptors (Lipinski definition) is 3. The average Bonchev–Trinajstić information content (AvgIpc) is 2.26. The van der Waals surface area contributed by atoms with Crippen molar-refractivity contribution in [3.05, 3.63) is 33.8 Å². The highest BCUT2D eigenvalue weighted by molar-refractivity contribution is 9.10. The predicted octanol–water partition coefficient (Wildman–Crippen LogP) is 2.59. The van der Waals surface area contributed by atoms with Gasteiger partial charge in [-0.05, 0) is 30.2 Å². The van der Waals surface area contributed by atoms with E-state index in [4.69, 9.17) is 5.11 Å². The van der Waals surface area contributed by atoms with Crippen molar-refractivity contribution in [2.75, 3.05) is 0 Å². The van der Waals surface area contributed by atoms with Gasteiger partial charge < -0.3 is 10.2 Å². The second-order valence-corrected chi connectivity index (χ2v) is 5.32. The smallest absolute Gasteiger partial charge is 0.337 e. The highest BCUT2D eigenvalue weighted by atomic mass is 79.9. The van der Waals surface area contributed by atoms with Crippen LogP contribution in [0.25, 0.3) is 0 Å². The van der Waals surface area contributed by atoms with Gasteiger partial charge in [-0.3, -0.25) is 4.79 Å². The van der Waals surface area contributed by atoms with Crippen LogP contribution in [0.2, 0.25) is 0 Å². The normalized spacial score (nSPS) is 14.1. The van der Waals surface area contributed by atoms with Crippen molar-refractivity contribution < 1.29 is 19.8 Å². The molecule has 2 N–H and O–H groups in total. The number of carboxylic acid groups (broad SMARTS) is 1. The number of aliphatic carboxylic acids is 1. The minimum Gasteiger partial charge on any atom is -0.479 e. The van der Waals surface area contributed by atoms with E-state index in [9.17, 15) is 14.7 Å². The highest BCUT2D eigenvalue weighted by Gasteiger charge is 2.24. The standard InChI is InChI=1S/C11H10Br2O4/c1-5(14)9(13)8-4-6(12)2-3-7(8)10(15)11(16)17/h2-4,9-10,15H,1H3,(H,16,17). The molecule has 0 saturated heterocycles. The maximum atomic E-state index is 11.3. The second kappa shape index (κ2) is 5.75. The van der Waals surface area contributed by atoms with E-state index in [1.54, 1.807) is 12.1 Å². The molecule has 17 heavy (non-hydrogen) atoms. The summed E-state index contributed by atoms with van der Waals surface area (Å²) in [6, 6.07) is 4.71. The van der Waals surface area contributed by atoms with Gasteiger partial charge in [0.15, 0.2) is 6.10 Å². The van der Waals surface area contributed by atoms with Crippen LogP contribution in [0.4, 0.5) is 0 Å². The molecular formula is C11H10Br2O4. The largest absolute Gasteiger partial charge is 0.479 e. The molecule has 0 spiro atoms. The number of aliphatic hydroxyl groups excluding tert-OH is 1. The zero-order valence-corrected chi connectivity index (χ0v) is 12.0. The van der Waals surface area contributed by atoms with Crippen molar-refractivity contribution >= 4 is 43.6 Å². The maximum absolute atomic E-state index is 11.3. The van der Waals surface area contributed by atoms with Crippen molar-refractivity contribution in [3.8, 4) is 0 Å². The number of carbonyl (C=O) groups is 2. The van der Waals surface area contributed by atoms with Crippen molar-refractivity contribution in [3.63, 3.8) is 0 Å². The monoisotopic (exact) mass is 364 g/mol. The van der Waals surface area contributed by atoms with E-state index in [1.807, 2.05) is 0 Å². The molecule has 0 aliphatic carbocycles. The second-order valence-electron chi connectivity index (χ2n) is 3.49. The predicted molar refractivity (Wildman–Crippen MR) is 69.1 cm³/mol. The molecule has 4 nitrogen and oxygen atoms in total. The molecule has 92 valence electrons. The molecule has 2 unspecified atom stereocenters. The van der Waals surface area contributed by atoms with E-state index in [0.717, 1.165) is 0 Å². The van der Waals surface area contributed by atoms with Gasteiger partial charge >= 0.3 is 5.97 Å². The van der Waals surface area contributed by atoms with E-state index < -0.39 is 16.9 Å². The molecule has 2 atom stereocenters. The third kappa shape index (κ3) is 3.37. The van der Waals surface area contributed by atoms with E-state index in [2.05, 4.69) is 31.9 Å².